The van der Waals surface area contributed by atoms with Crippen LogP contribution in [0.5, 0.6) is 0 Å². The molecule has 11 rings (SSSR count). The molecule has 10 saturated heterocycles. The normalized spacial score (nSPS) is 72.8. The van der Waals surface area contributed by atoms with Gasteiger partial charge in [0.05, 0.1) is 0 Å². The first kappa shape index (κ1) is 19.9. The van der Waals surface area contributed by atoms with E-state index in [0.717, 1.165) is 36.1 Å². The van der Waals surface area contributed by atoms with Gasteiger partial charge in [0.1, 0.15) is 0 Å². The van der Waals surface area contributed by atoms with Crippen LogP contribution in [0.2, 0.25) is 38.0 Å². The summed E-state index contributed by atoms with van der Waals surface area (Å²) in [7, 11) is 0.429. The molecule has 0 aromatic carbocycles. The van der Waals surface area contributed by atoms with Crippen LogP contribution in [-0.2, 0) is 6.51 Å². The third-order valence-corrected chi connectivity index (χ3v) is 79.1. The molecule has 11 aliphatic rings. The fourth-order valence-corrected chi connectivity index (χ4v) is 135. The third kappa shape index (κ3) is 0.417. The summed E-state index contributed by atoms with van der Waals surface area (Å²) in [4.78, 5) is 9.93. The summed E-state index contributed by atoms with van der Waals surface area (Å²) in [5, 5.41) is 0. The Bertz CT molecular complexity index is 1500. The van der Waals surface area contributed by atoms with Crippen LogP contribution in [0.3, 0.4) is 0 Å². The first-order valence-corrected chi connectivity index (χ1v) is 24.5. The molecule has 10 heterocycles. The molecule has 10 aliphatic heterocycles. The van der Waals surface area contributed by atoms with E-state index in [9.17, 15) is 0 Å². The summed E-state index contributed by atoms with van der Waals surface area (Å²) < 4.78 is 3.00. The first-order valence-electron chi connectivity index (χ1n) is 15.0. The molecule has 190 valence electrons. The van der Waals surface area contributed by atoms with E-state index >= 15 is 0 Å². The van der Waals surface area contributed by atoms with Crippen molar-refractivity contribution in [2.45, 2.75) is 108 Å². The maximum absolute atomic E-state index is 3.71. The molecule has 5 unspecified atom stereocenters. The Morgan fingerprint density at radius 2 is 1.21 bits per heavy atom. The van der Waals surface area contributed by atoms with Gasteiger partial charge in [-0.2, -0.15) is 0 Å². The van der Waals surface area contributed by atoms with Crippen molar-refractivity contribution in [2.75, 3.05) is 24.6 Å². The van der Waals surface area contributed by atoms with Crippen molar-refractivity contribution in [3.63, 3.8) is 0 Å². The van der Waals surface area contributed by atoms with Gasteiger partial charge in [-0.3, -0.25) is 0 Å². The van der Waals surface area contributed by atoms with Crippen molar-refractivity contribution in [2.24, 2.45) is 23.7 Å². The quantitative estimate of drug-likeness (QED) is 0.181. The number of hydrogen-bond donors (Lipinski definition) is 0. The molecule has 0 radical (unpaired) electrons. The molecule has 3 heteroatoms. The van der Waals surface area contributed by atoms with E-state index in [1.165, 1.54) is 40.1 Å². The number of fused-ring (bicyclic) bond motifs is 10. The van der Waals surface area contributed by atoms with Crippen molar-refractivity contribution in [1.82, 2.24) is 0 Å². The van der Waals surface area contributed by atoms with Crippen LogP contribution in [0, 0.1) is 23.7 Å². The second kappa shape index (κ2) is 2.82. The molecule has 1 aliphatic carbocycles. The van der Waals surface area contributed by atoms with E-state index in [1.807, 2.05) is 0 Å². The van der Waals surface area contributed by atoms with Gasteiger partial charge in [-0.1, -0.05) is 0 Å². The Kier molecular flexibility index (Phi) is 1.65. The van der Waals surface area contributed by atoms with Crippen molar-refractivity contribution in [1.29, 1.82) is 0 Å². The van der Waals surface area contributed by atoms with Crippen molar-refractivity contribution < 1.29 is 6.51 Å². The molecule has 1 spiro atoms. The van der Waals surface area contributed by atoms with E-state index in [4.69, 9.17) is 0 Å². The first-order chi connectivity index (χ1) is 15.9. The van der Waals surface area contributed by atoms with Crippen LogP contribution in [0.4, 0.5) is 0 Å². The number of hydrogen-bond acceptors (Lipinski definition) is 0. The van der Waals surface area contributed by atoms with Gasteiger partial charge in [-0.15, -0.1) is 0 Å². The minimum absolute atomic E-state index is 0.195. The predicted octanol–water partition coefficient (Wildman–Crippen LogP) is 10.0. The summed E-state index contributed by atoms with van der Waals surface area (Å²) >= 11 is 0. The van der Waals surface area contributed by atoms with Crippen molar-refractivity contribution in [3.8, 4) is 0 Å². The van der Waals surface area contributed by atoms with Gasteiger partial charge < -0.3 is 0 Å². The Morgan fingerprint density at radius 3 is 1.59 bits per heavy atom. The Balaban J connectivity index is 1.25. The molecule has 0 saturated carbocycles. The van der Waals surface area contributed by atoms with Crippen LogP contribution >= 0.6 is 15.8 Å². The van der Waals surface area contributed by atoms with Gasteiger partial charge in [-0.25, -0.2) is 0 Å². The molecule has 10 fully saturated rings. The average molecular weight is 539 g/mol. The Labute approximate surface area is 201 Å². The second-order valence-corrected chi connectivity index (χ2v) is 47.1. The topological polar surface area (TPSA) is 0 Å². The molecule has 5 atom stereocenters. The van der Waals surface area contributed by atoms with E-state index in [2.05, 4.69) is 79.2 Å². The van der Waals surface area contributed by atoms with E-state index in [-0.39, 0.29) is 15.8 Å². The van der Waals surface area contributed by atoms with Gasteiger partial charge in [0, 0.05) is 0 Å². The fraction of sp³-hybridized carbons (Fsp3) is 0.871. The number of rotatable bonds is 11. The standard InChI is InChI=1S/C26H43P2.C5H5.Fe/c1-19(2)15-27(16-20(3)4)25-14-13-24(23-11-9-10-12-23)26(25)28(17-21(5)6)18-22(7)8;1-2-4-5-3-1;/h9-11,13-14,19-22H,12,15-18H2,1-8H3;1-5H;. The average Bonchev–Trinajstić information content (AvgIpc) is 3.60. The van der Waals surface area contributed by atoms with E-state index < -0.39 is 6.51 Å². The monoisotopic (exact) mass is 538 g/mol. The fourth-order valence-electron chi connectivity index (χ4n) is 22.6. The molecule has 0 aromatic rings. The third-order valence-electron chi connectivity index (χ3n) is 19.3. The van der Waals surface area contributed by atoms with Crippen LogP contribution in [0.15, 0.2) is 23.8 Å². The molecule has 34 heavy (non-hydrogen) atoms. The zero-order chi connectivity index (χ0) is 23.6. The van der Waals surface area contributed by atoms with Crippen LogP contribution in [0.1, 0.15) is 61.8 Å². The van der Waals surface area contributed by atoms with E-state index in [0.29, 0.717) is 0 Å². The van der Waals surface area contributed by atoms with Gasteiger partial charge in [0.2, 0.25) is 0 Å². The SMILES string of the molecule is CC(C)CP(CC(C)C)[C]12[CH]3[CH]4[C]5(C6=CC=CC6)[C]1(P(CC(C)C)CC(C)C)[Fe]43521678[CH]2[CH]1[CH]6[CH]7[CH]28. The second-order valence-electron chi connectivity index (χ2n) is 18.5. The van der Waals surface area contributed by atoms with Crippen LogP contribution in [-0.4, -0.2) is 32.8 Å². The maximum atomic E-state index is 2.77. The molecule has 0 amide bonds. The zero-order valence-corrected chi connectivity index (χ0v) is 25.8. The Hall–Kier alpha value is 0.859. The van der Waals surface area contributed by atoms with Crippen molar-refractivity contribution in [3.05, 3.63) is 23.8 Å². The molecule has 0 N–H and O–H groups in total. The molecule has 0 bridgehead atoms. The summed E-state index contributed by atoms with van der Waals surface area (Å²) in [5.74, 6) is 3.67. The van der Waals surface area contributed by atoms with Gasteiger partial charge >= 0.3 is 202 Å². The summed E-state index contributed by atoms with van der Waals surface area (Å²) in [5.41, 5.74) is 2.11. The van der Waals surface area contributed by atoms with Gasteiger partial charge in [0.25, 0.3) is 0 Å². The minimum atomic E-state index is -3.71. The summed E-state index contributed by atoms with van der Waals surface area (Å²) in [6.45, 7) is 17.1. The Morgan fingerprint density at radius 1 is 0.735 bits per heavy atom. The predicted molar refractivity (Wildman–Crippen MR) is 149 cm³/mol. The molecular weight excluding hydrogens is 490 g/mol. The van der Waals surface area contributed by atoms with Gasteiger partial charge in [0.15, 0.2) is 0 Å². The molecule has 0 nitrogen and oxygen atoms in total. The van der Waals surface area contributed by atoms with Gasteiger partial charge in [-0.05, 0) is 0 Å². The zero-order valence-electron chi connectivity index (χ0n) is 22.9. The van der Waals surface area contributed by atoms with E-state index in [1.54, 1.807) is 24.6 Å². The molecule has 0 aromatic heterocycles. The summed E-state index contributed by atoms with van der Waals surface area (Å²) in [6.07, 6.45) is 15.8. The van der Waals surface area contributed by atoms with Crippen LogP contribution in [0.25, 0.3) is 0 Å². The summed E-state index contributed by atoms with van der Waals surface area (Å²) in [6, 6.07) is 0. The number of allylic oxidation sites excluding steroid dienone is 4. The molecular formula is C31H48FeP2. The van der Waals surface area contributed by atoms with Crippen molar-refractivity contribution >= 4 is 15.8 Å². The van der Waals surface area contributed by atoms with Crippen LogP contribution < -0.4 is 0 Å².